The number of thiophene rings is 1. The van der Waals surface area contributed by atoms with Crippen molar-refractivity contribution in [3.8, 4) is 0 Å². The number of carbonyl (C=O) groups is 1. The average molecular weight is 369 g/mol. The van der Waals surface area contributed by atoms with E-state index in [-0.39, 0.29) is 18.7 Å². The SMILES string of the molecule is O=C(NCc1sccc1Br)N[C@H](CO)Cc1ccccc1. The summed E-state index contributed by atoms with van der Waals surface area (Å²) in [5.74, 6) is 0. The fraction of sp³-hybridized carbons (Fsp3) is 0.267. The minimum Gasteiger partial charge on any atom is -0.394 e. The van der Waals surface area contributed by atoms with Crippen LogP contribution in [-0.4, -0.2) is 23.8 Å². The second kappa shape index (κ2) is 8.17. The van der Waals surface area contributed by atoms with Gasteiger partial charge in [0, 0.05) is 9.35 Å². The van der Waals surface area contributed by atoms with Crippen molar-refractivity contribution < 1.29 is 9.90 Å². The standard InChI is InChI=1S/C15H17BrN2O2S/c16-13-6-7-21-14(13)9-17-15(20)18-12(10-19)8-11-4-2-1-3-5-11/h1-7,12,19H,8-10H2,(H2,17,18,20)/t12-/m0/s1. The van der Waals surface area contributed by atoms with Crippen LogP contribution in [-0.2, 0) is 13.0 Å². The van der Waals surface area contributed by atoms with Gasteiger partial charge in [0.05, 0.1) is 19.2 Å². The number of hydrogen-bond donors (Lipinski definition) is 3. The number of aliphatic hydroxyl groups is 1. The van der Waals surface area contributed by atoms with Gasteiger partial charge in [-0.25, -0.2) is 4.79 Å². The summed E-state index contributed by atoms with van der Waals surface area (Å²) in [6.45, 7) is 0.374. The molecule has 112 valence electrons. The molecule has 6 heteroatoms. The van der Waals surface area contributed by atoms with Crippen LogP contribution in [0.1, 0.15) is 10.4 Å². The molecular weight excluding hydrogens is 352 g/mol. The first-order chi connectivity index (χ1) is 10.2. The van der Waals surface area contributed by atoms with Crippen molar-refractivity contribution >= 4 is 33.3 Å². The van der Waals surface area contributed by atoms with Crippen molar-refractivity contribution in [1.29, 1.82) is 0 Å². The smallest absolute Gasteiger partial charge is 0.315 e. The largest absolute Gasteiger partial charge is 0.394 e. The summed E-state index contributed by atoms with van der Waals surface area (Å²) in [6.07, 6.45) is 0.605. The Bertz CT molecular complexity index is 574. The lowest BCUT2D eigenvalue weighted by atomic mass is 10.1. The minimum atomic E-state index is -0.292. The molecule has 3 N–H and O–H groups in total. The van der Waals surface area contributed by atoms with Crippen molar-refractivity contribution in [1.82, 2.24) is 10.6 Å². The van der Waals surface area contributed by atoms with Crippen molar-refractivity contribution in [2.45, 2.75) is 19.0 Å². The Morgan fingerprint density at radius 1 is 1.29 bits per heavy atom. The number of benzene rings is 1. The topological polar surface area (TPSA) is 61.4 Å². The van der Waals surface area contributed by atoms with E-state index >= 15 is 0 Å². The Kier molecular flexibility index (Phi) is 6.22. The van der Waals surface area contributed by atoms with E-state index in [1.807, 2.05) is 41.8 Å². The first kappa shape index (κ1) is 16.0. The van der Waals surface area contributed by atoms with Crippen LogP contribution in [0.3, 0.4) is 0 Å². The van der Waals surface area contributed by atoms with Gasteiger partial charge in [-0.15, -0.1) is 11.3 Å². The van der Waals surface area contributed by atoms with E-state index < -0.39 is 0 Å². The monoisotopic (exact) mass is 368 g/mol. The van der Waals surface area contributed by atoms with E-state index in [4.69, 9.17) is 0 Å². The zero-order valence-electron chi connectivity index (χ0n) is 11.4. The summed E-state index contributed by atoms with van der Waals surface area (Å²) in [6, 6.07) is 11.2. The quantitative estimate of drug-likeness (QED) is 0.733. The molecule has 0 unspecified atom stereocenters. The molecule has 2 rings (SSSR count). The van der Waals surface area contributed by atoms with Crippen LogP contribution < -0.4 is 10.6 Å². The number of halogens is 1. The van der Waals surface area contributed by atoms with Gasteiger partial charge in [-0.05, 0) is 39.4 Å². The van der Waals surface area contributed by atoms with Gasteiger partial charge in [0.15, 0.2) is 0 Å². The predicted molar refractivity (Wildman–Crippen MR) is 88.4 cm³/mol. The molecule has 1 atom stereocenters. The molecule has 1 aromatic carbocycles. The van der Waals surface area contributed by atoms with Gasteiger partial charge in [0.1, 0.15) is 0 Å². The van der Waals surface area contributed by atoms with E-state index in [1.54, 1.807) is 11.3 Å². The zero-order valence-corrected chi connectivity index (χ0v) is 13.8. The third kappa shape index (κ3) is 5.15. The first-order valence-corrected chi connectivity index (χ1v) is 8.27. The molecule has 0 aliphatic heterocycles. The summed E-state index contributed by atoms with van der Waals surface area (Å²) >= 11 is 5.00. The lowest BCUT2D eigenvalue weighted by Crippen LogP contribution is -2.44. The Morgan fingerprint density at radius 3 is 2.67 bits per heavy atom. The van der Waals surface area contributed by atoms with Crippen molar-refractivity contribution in [3.63, 3.8) is 0 Å². The molecule has 21 heavy (non-hydrogen) atoms. The molecule has 0 bridgehead atoms. The van der Waals surface area contributed by atoms with Crippen molar-refractivity contribution in [2.24, 2.45) is 0 Å². The number of hydrogen-bond acceptors (Lipinski definition) is 3. The third-order valence-electron chi connectivity index (χ3n) is 2.98. The molecular formula is C15H17BrN2O2S. The van der Waals surface area contributed by atoms with Gasteiger partial charge in [-0.3, -0.25) is 0 Å². The van der Waals surface area contributed by atoms with E-state index in [2.05, 4.69) is 26.6 Å². The number of carbonyl (C=O) groups excluding carboxylic acids is 1. The normalized spacial score (nSPS) is 11.9. The van der Waals surface area contributed by atoms with Gasteiger partial charge in [0.2, 0.25) is 0 Å². The minimum absolute atomic E-state index is 0.0923. The van der Waals surface area contributed by atoms with Gasteiger partial charge < -0.3 is 15.7 Å². The van der Waals surface area contributed by atoms with Crippen LogP contribution in [0.5, 0.6) is 0 Å². The maximum Gasteiger partial charge on any atom is 0.315 e. The van der Waals surface area contributed by atoms with Crippen LogP contribution in [0.15, 0.2) is 46.3 Å². The fourth-order valence-electron chi connectivity index (χ4n) is 1.91. The molecule has 1 aromatic heterocycles. The molecule has 0 radical (unpaired) electrons. The molecule has 0 fully saturated rings. The third-order valence-corrected chi connectivity index (χ3v) is 4.91. The number of rotatable bonds is 6. The van der Waals surface area contributed by atoms with Gasteiger partial charge in [0.25, 0.3) is 0 Å². The van der Waals surface area contributed by atoms with E-state index in [0.29, 0.717) is 13.0 Å². The van der Waals surface area contributed by atoms with Crippen LogP contribution >= 0.6 is 27.3 Å². The maximum absolute atomic E-state index is 11.9. The highest BCUT2D eigenvalue weighted by molar-refractivity contribution is 9.10. The highest BCUT2D eigenvalue weighted by Gasteiger charge is 2.12. The van der Waals surface area contributed by atoms with Gasteiger partial charge >= 0.3 is 6.03 Å². The fourth-order valence-corrected chi connectivity index (χ4v) is 3.34. The second-order valence-corrected chi connectivity index (χ2v) is 6.44. The molecule has 0 spiro atoms. The summed E-state index contributed by atoms with van der Waals surface area (Å²) in [7, 11) is 0. The van der Waals surface area contributed by atoms with Crippen molar-refractivity contribution in [2.75, 3.05) is 6.61 Å². The number of aliphatic hydroxyl groups excluding tert-OH is 1. The molecule has 0 aliphatic rings. The highest BCUT2D eigenvalue weighted by atomic mass is 79.9. The summed E-state index contributed by atoms with van der Waals surface area (Å²) in [5.41, 5.74) is 1.08. The van der Waals surface area contributed by atoms with Crippen molar-refractivity contribution in [3.05, 3.63) is 56.7 Å². The summed E-state index contributed by atoms with van der Waals surface area (Å²) in [5, 5.41) is 16.9. The molecule has 2 aromatic rings. The van der Waals surface area contributed by atoms with E-state index in [1.165, 1.54) is 0 Å². The van der Waals surface area contributed by atoms with Gasteiger partial charge in [-0.1, -0.05) is 30.3 Å². The predicted octanol–water partition coefficient (Wildman–Crippen LogP) is 2.91. The number of nitrogens with one attached hydrogen (secondary N) is 2. The Balaban J connectivity index is 1.81. The van der Waals surface area contributed by atoms with E-state index in [9.17, 15) is 9.90 Å². The molecule has 0 aliphatic carbocycles. The number of amides is 2. The van der Waals surface area contributed by atoms with Crippen LogP contribution in [0.4, 0.5) is 4.79 Å². The lowest BCUT2D eigenvalue weighted by Gasteiger charge is -2.16. The van der Waals surface area contributed by atoms with Gasteiger partial charge in [-0.2, -0.15) is 0 Å². The van der Waals surface area contributed by atoms with E-state index in [0.717, 1.165) is 14.9 Å². The first-order valence-electron chi connectivity index (χ1n) is 6.60. The molecule has 4 nitrogen and oxygen atoms in total. The lowest BCUT2D eigenvalue weighted by molar-refractivity contribution is 0.215. The Hall–Kier alpha value is -1.37. The Morgan fingerprint density at radius 2 is 2.05 bits per heavy atom. The molecule has 1 heterocycles. The van der Waals surface area contributed by atoms with Crippen LogP contribution in [0.25, 0.3) is 0 Å². The average Bonchev–Trinajstić information content (AvgIpc) is 2.91. The zero-order chi connectivity index (χ0) is 15.1. The van der Waals surface area contributed by atoms with Crippen LogP contribution in [0.2, 0.25) is 0 Å². The maximum atomic E-state index is 11.9. The van der Waals surface area contributed by atoms with Crippen LogP contribution in [0, 0.1) is 0 Å². The molecule has 0 saturated carbocycles. The Labute approximate surface area is 136 Å². The second-order valence-electron chi connectivity index (χ2n) is 4.59. The molecule has 2 amide bonds. The highest BCUT2D eigenvalue weighted by Crippen LogP contribution is 2.22. The summed E-state index contributed by atoms with van der Waals surface area (Å²) < 4.78 is 0.996. The summed E-state index contributed by atoms with van der Waals surface area (Å²) in [4.78, 5) is 12.9. The molecule has 0 saturated heterocycles. The number of urea groups is 1.